The van der Waals surface area contributed by atoms with Gasteiger partial charge in [-0.05, 0) is 36.6 Å². The molecule has 1 aromatic carbocycles. The van der Waals surface area contributed by atoms with Crippen LogP contribution in [0.15, 0.2) is 24.4 Å². The molecule has 0 saturated heterocycles. The zero-order chi connectivity index (χ0) is 20.6. The van der Waals surface area contributed by atoms with E-state index in [0.717, 1.165) is 24.6 Å². The number of alkyl halides is 3. The van der Waals surface area contributed by atoms with E-state index in [1.54, 1.807) is 18.2 Å². The Kier molecular flexibility index (Phi) is 4.81. The van der Waals surface area contributed by atoms with Crippen LogP contribution in [0.1, 0.15) is 36.8 Å². The number of rotatable bonds is 5. The van der Waals surface area contributed by atoms with Crippen LogP contribution in [0.4, 0.5) is 36.3 Å². The minimum absolute atomic E-state index is 0.0147. The van der Waals surface area contributed by atoms with Crippen LogP contribution in [0.5, 0.6) is 0 Å². The lowest BCUT2D eigenvalue weighted by Crippen LogP contribution is -2.34. The van der Waals surface area contributed by atoms with E-state index >= 15 is 0 Å². The SMILES string of the molecule is O=C1Cc2cc(Nc3ncc(C(F)(F)F)c(NCC4(O)CCCC4)n3)ccc2N1. The predicted molar refractivity (Wildman–Crippen MR) is 101 cm³/mol. The maximum Gasteiger partial charge on any atom is 0.421 e. The van der Waals surface area contributed by atoms with E-state index in [-0.39, 0.29) is 30.6 Å². The molecule has 1 aromatic heterocycles. The topological polar surface area (TPSA) is 99.2 Å². The third-order valence-electron chi connectivity index (χ3n) is 5.20. The van der Waals surface area contributed by atoms with Gasteiger partial charge in [0.2, 0.25) is 11.9 Å². The Hall–Kier alpha value is -2.88. The summed E-state index contributed by atoms with van der Waals surface area (Å²) < 4.78 is 40.0. The molecule has 2 aromatic rings. The van der Waals surface area contributed by atoms with Gasteiger partial charge in [-0.15, -0.1) is 0 Å². The Morgan fingerprint density at radius 3 is 2.72 bits per heavy atom. The monoisotopic (exact) mass is 407 g/mol. The Morgan fingerprint density at radius 1 is 1.24 bits per heavy atom. The van der Waals surface area contributed by atoms with Crippen LogP contribution in [0.25, 0.3) is 0 Å². The standard InChI is InChI=1S/C19H20F3N5O2/c20-19(21,22)13-9-23-17(27-16(13)24-10-18(29)5-1-2-6-18)25-12-3-4-14-11(7-12)8-15(28)26-14/h3-4,7,9,29H,1-2,5-6,8,10H2,(H,26,28)(H2,23,24,25,27). The second-order valence-corrected chi connectivity index (χ2v) is 7.46. The van der Waals surface area contributed by atoms with Crippen LogP contribution < -0.4 is 16.0 Å². The number of amides is 1. The Labute approximate surface area is 164 Å². The predicted octanol–water partition coefficient (Wildman–Crippen LogP) is 3.45. The van der Waals surface area contributed by atoms with Crippen molar-refractivity contribution in [3.63, 3.8) is 0 Å². The molecule has 1 saturated carbocycles. The van der Waals surface area contributed by atoms with Crippen molar-refractivity contribution in [2.24, 2.45) is 0 Å². The summed E-state index contributed by atoms with van der Waals surface area (Å²) in [5, 5.41) is 18.7. The molecule has 0 unspecified atom stereocenters. The minimum Gasteiger partial charge on any atom is -0.388 e. The number of nitrogens with zero attached hydrogens (tertiary/aromatic N) is 2. The van der Waals surface area contributed by atoms with Gasteiger partial charge in [-0.25, -0.2) is 4.98 Å². The first-order chi connectivity index (χ1) is 13.7. The lowest BCUT2D eigenvalue weighted by Gasteiger charge is -2.24. The van der Waals surface area contributed by atoms with Crippen molar-refractivity contribution < 1.29 is 23.1 Å². The zero-order valence-electron chi connectivity index (χ0n) is 15.4. The van der Waals surface area contributed by atoms with Gasteiger partial charge < -0.3 is 21.1 Å². The number of hydrogen-bond acceptors (Lipinski definition) is 6. The number of carbonyl (C=O) groups is 1. The third-order valence-corrected chi connectivity index (χ3v) is 5.20. The fourth-order valence-corrected chi connectivity index (χ4v) is 3.68. The van der Waals surface area contributed by atoms with Crippen molar-refractivity contribution in [1.29, 1.82) is 0 Å². The van der Waals surface area contributed by atoms with Crippen LogP contribution in [-0.4, -0.2) is 33.1 Å². The lowest BCUT2D eigenvalue weighted by molar-refractivity contribution is -0.137. The molecule has 0 bridgehead atoms. The molecular weight excluding hydrogens is 387 g/mol. The summed E-state index contributed by atoms with van der Waals surface area (Å²) in [6.07, 6.45) is -0.899. The molecule has 0 radical (unpaired) electrons. The second kappa shape index (κ2) is 7.18. The highest BCUT2D eigenvalue weighted by Crippen LogP contribution is 2.36. The summed E-state index contributed by atoms with van der Waals surface area (Å²) >= 11 is 0. The highest BCUT2D eigenvalue weighted by molar-refractivity contribution is 5.99. The molecule has 154 valence electrons. The van der Waals surface area contributed by atoms with Gasteiger partial charge in [0.15, 0.2) is 0 Å². The van der Waals surface area contributed by atoms with Crippen LogP contribution >= 0.6 is 0 Å². The fourth-order valence-electron chi connectivity index (χ4n) is 3.68. The summed E-state index contributed by atoms with van der Waals surface area (Å²) in [4.78, 5) is 19.2. The molecule has 10 heteroatoms. The maximum absolute atomic E-state index is 13.3. The van der Waals surface area contributed by atoms with Crippen LogP contribution in [0.2, 0.25) is 0 Å². The average Bonchev–Trinajstić information content (AvgIpc) is 3.24. The average molecular weight is 407 g/mol. The molecule has 1 fully saturated rings. The summed E-state index contributed by atoms with van der Waals surface area (Å²) in [7, 11) is 0. The summed E-state index contributed by atoms with van der Waals surface area (Å²) in [5.41, 5.74) is 0.0320. The quantitative estimate of drug-likeness (QED) is 0.606. The van der Waals surface area contributed by atoms with Crippen molar-refractivity contribution in [1.82, 2.24) is 9.97 Å². The van der Waals surface area contributed by atoms with E-state index in [1.807, 2.05) is 0 Å². The second-order valence-electron chi connectivity index (χ2n) is 7.46. The van der Waals surface area contributed by atoms with E-state index in [0.29, 0.717) is 24.2 Å². The summed E-state index contributed by atoms with van der Waals surface area (Å²) in [6, 6.07) is 5.11. The minimum atomic E-state index is -4.63. The van der Waals surface area contributed by atoms with Crippen LogP contribution in [-0.2, 0) is 17.4 Å². The number of fused-ring (bicyclic) bond motifs is 1. The van der Waals surface area contributed by atoms with E-state index < -0.39 is 17.3 Å². The van der Waals surface area contributed by atoms with Gasteiger partial charge in [-0.2, -0.15) is 18.2 Å². The largest absolute Gasteiger partial charge is 0.421 e. The molecule has 7 nitrogen and oxygen atoms in total. The molecule has 4 N–H and O–H groups in total. The Morgan fingerprint density at radius 2 is 2.00 bits per heavy atom. The molecule has 2 heterocycles. The van der Waals surface area contributed by atoms with Gasteiger partial charge in [0.25, 0.3) is 0 Å². The van der Waals surface area contributed by atoms with Crippen molar-refractivity contribution in [3.8, 4) is 0 Å². The summed E-state index contributed by atoms with van der Waals surface area (Å²) in [6.45, 7) is -0.0147. The summed E-state index contributed by atoms with van der Waals surface area (Å²) in [5.74, 6) is -0.510. The van der Waals surface area contributed by atoms with Crippen LogP contribution in [0.3, 0.4) is 0 Å². The number of hydrogen-bond donors (Lipinski definition) is 4. The van der Waals surface area contributed by atoms with Gasteiger partial charge in [0, 0.05) is 24.1 Å². The number of halogens is 3. The van der Waals surface area contributed by atoms with Crippen LogP contribution in [0, 0.1) is 0 Å². The molecule has 0 atom stereocenters. The van der Waals surface area contributed by atoms with Gasteiger partial charge in [0.1, 0.15) is 11.4 Å². The lowest BCUT2D eigenvalue weighted by atomic mass is 10.0. The Balaban J connectivity index is 1.56. The van der Waals surface area contributed by atoms with Crippen molar-refractivity contribution in [3.05, 3.63) is 35.5 Å². The first kappa shape index (κ1) is 19.4. The normalized spacial score (nSPS) is 17.7. The molecule has 2 aliphatic rings. The molecule has 1 aliphatic heterocycles. The van der Waals surface area contributed by atoms with Gasteiger partial charge in [-0.3, -0.25) is 4.79 Å². The molecule has 1 aliphatic carbocycles. The van der Waals surface area contributed by atoms with Crippen molar-refractivity contribution in [2.75, 3.05) is 22.5 Å². The van der Waals surface area contributed by atoms with Gasteiger partial charge in [0.05, 0.1) is 12.0 Å². The van der Waals surface area contributed by atoms with Crippen molar-refractivity contribution >= 4 is 29.0 Å². The van der Waals surface area contributed by atoms with Gasteiger partial charge in [-0.1, -0.05) is 12.8 Å². The number of nitrogens with one attached hydrogen (secondary N) is 3. The molecule has 4 rings (SSSR count). The Bertz CT molecular complexity index is 942. The molecule has 0 spiro atoms. The van der Waals surface area contributed by atoms with E-state index in [9.17, 15) is 23.1 Å². The van der Waals surface area contributed by atoms with Gasteiger partial charge >= 0.3 is 6.18 Å². The molecular formula is C19H20F3N5O2. The third kappa shape index (κ3) is 4.26. The molecule has 1 amide bonds. The highest BCUT2D eigenvalue weighted by atomic mass is 19.4. The smallest absolute Gasteiger partial charge is 0.388 e. The van der Waals surface area contributed by atoms with Crippen molar-refractivity contribution in [2.45, 2.75) is 43.9 Å². The van der Waals surface area contributed by atoms with E-state index in [1.165, 1.54) is 0 Å². The molecule has 29 heavy (non-hydrogen) atoms. The number of anilines is 4. The number of aliphatic hydroxyl groups is 1. The number of aromatic nitrogens is 2. The first-order valence-corrected chi connectivity index (χ1v) is 9.32. The number of benzene rings is 1. The number of carbonyl (C=O) groups excluding carboxylic acids is 1. The highest BCUT2D eigenvalue weighted by Gasteiger charge is 2.37. The van der Waals surface area contributed by atoms with E-state index in [2.05, 4.69) is 25.9 Å². The zero-order valence-corrected chi connectivity index (χ0v) is 15.4. The maximum atomic E-state index is 13.3. The fraction of sp³-hybridized carbons (Fsp3) is 0.421. The first-order valence-electron chi connectivity index (χ1n) is 9.32. The van der Waals surface area contributed by atoms with E-state index in [4.69, 9.17) is 0 Å².